The molecule has 216 valence electrons. The Balaban J connectivity index is 1.33. The maximum atomic E-state index is 6.65. The molecule has 10 aromatic rings. The van der Waals surface area contributed by atoms with E-state index in [0.29, 0.717) is 0 Å². The minimum atomic E-state index is 0.902. The molecule has 11 rings (SSSR count). The predicted octanol–water partition coefficient (Wildman–Crippen LogP) is 11.9. The fraction of sp³-hybridized carbons (Fsp3) is 0.0476. The van der Waals surface area contributed by atoms with Gasteiger partial charge in [-0.2, -0.15) is 0 Å². The topological polar surface area (TPSA) is 36.1 Å². The van der Waals surface area contributed by atoms with E-state index in [0.717, 1.165) is 73.3 Å². The highest BCUT2D eigenvalue weighted by molar-refractivity contribution is 6.31. The van der Waals surface area contributed by atoms with Gasteiger partial charge in [-0.1, -0.05) is 66.7 Å². The van der Waals surface area contributed by atoms with Gasteiger partial charge in [0.05, 0.1) is 27.5 Å². The molecule has 0 amide bonds. The van der Waals surface area contributed by atoms with Crippen molar-refractivity contribution in [3.63, 3.8) is 0 Å². The molecule has 4 heteroatoms. The summed E-state index contributed by atoms with van der Waals surface area (Å²) in [5, 5.41) is 9.39. The molecule has 4 heterocycles. The third kappa shape index (κ3) is 3.08. The van der Waals surface area contributed by atoms with E-state index in [4.69, 9.17) is 8.83 Å². The fourth-order valence-corrected chi connectivity index (χ4v) is 7.99. The maximum absolute atomic E-state index is 6.65. The van der Waals surface area contributed by atoms with Gasteiger partial charge in [-0.25, -0.2) is 0 Å². The van der Waals surface area contributed by atoms with Crippen LogP contribution in [-0.4, -0.2) is 9.13 Å². The molecular weight excluding hydrogens is 564 g/mol. The van der Waals surface area contributed by atoms with Gasteiger partial charge in [0.2, 0.25) is 0 Å². The Morgan fingerprint density at radius 3 is 2.00 bits per heavy atom. The first-order valence-corrected chi connectivity index (χ1v) is 15.9. The Labute approximate surface area is 262 Å². The molecule has 0 saturated carbocycles. The number of allylic oxidation sites excluding steroid dienone is 4. The lowest BCUT2D eigenvalue weighted by Crippen LogP contribution is -1.98. The molecule has 0 saturated heterocycles. The number of benzene rings is 6. The first kappa shape index (κ1) is 24.3. The van der Waals surface area contributed by atoms with Crippen molar-refractivity contribution in [3.05, 3.63) is 133 Å². The summed E-state index contributed by atoms with van der Waals surface area (Å²) < 4.78 is 17.7. The van der Waals surface area contributed by atoms with E-state index in [2.05, 4.69) is 124 Å². The van der Waals surface area contributed by atoms with E-state index in [-0.39, 0.29) is 0 Å². The third-order valence-electron chi connectivity index (χ3n) is 9.92. The van der Waals surface area contributed by atoms with Crippen molar-refractivity contribution in [1.29, 1.82) is 0 Å². The minimum Gasteiger partial charge on any atom is -0.456 e. The summed E-state index contributed by atoms with van der Waals surface area (Å²) in [7, 11) is 0. The molecule has 4 aromatic heterocycles. The molecule has 1 aliphatic rings. The van der Waals surface area contributed by atoms with Gasteiger partial charge in [0, 0.05) is 49.1 Å². The Kier molecular flexibility index (Phi) is 4.66. The lowest BCUT2D eigenvalue weighted by atomic mass is 10.1. The van der Waals surface area contributed by atoms with Gasteiger partial charge in [0.15, 0.2) is 0 Å². The van der Waals surface area contributed by atoms with Crippen LogP contribution in [0.1, 0.15) is 12.8 Å². The molecule has 6 aromatic carbocycles. The molecule has 1 aliphatic carbocycles. The Morgan fingerprint density at radius 1 is 0.478 bits per heavy atom. The summed E-state index contributed by atoms with van der Waals surface area (Å²) in [5.74, 6) is 0. The minimum absolute atomic E-state index is 0.902. The van der Waals surface area contributed by atoms with Crippen LogP contribution < -0.4 is 0 Å². The van der Waals surface area contributed by atoms with Crippen molar-refractivity contribution in [2.24, 2.45) is 0 Å². The summed E-state index contributed by atoms with van der Waals surface area (Å²) in [4.78, 5) is 0. The van der Waals surface area contributed by atoms with Crippen LogP contribution in [0.3, 0.4) is 0 Å². The molecule has 0 radical (unpaired) electrons. The number of nitrogens with zero attached hydrogens (tertiary/aromatic N) is 2. The molecule has 0 aliphatic heterocycles. The van der Waals surface area contributed by atoms with Crippen LogP contribution in [0.5, 0.6) is 0 Å². The zero-order valence-electron chi connectivity index (χ0n) is 24.8. The first-order valence-electron chi connectivity index (χ1n) is 15.9. The summed E-state index contributed by atoms with van der Waals surface area (Å²) >= 11 is 0. The van der Waals surface area contributed by atoms with Crippen LogP contribution in [0.4, 0.5) is 0 Å². The second kappa shape index (κ2) is 8.80. The molecule has 0 fully saturated rings. The molecular formula is C42H26N2O2. The lowest BCUT2D eigenvalue weighted by molar-refractivity contribution is 0.669. The number of furan rings is 2. The Bertz CT molecular complexity index is 2970. The zero-order valence-corrected chi connectivity index (χ0v) is 24.8. The SMILES string of the molecule is C1=CC(n2c3ccc4c5ccccc5oc4c3c3ccc4c(c5ccccc5n4-c4ccc5oc6ccccc6c5c4)c32)=CCC1. The Morgan fingerprint density at radius 2 is 1.17 bits per heavy atom. The highest BCUT2D eigenvalue weighted by atomic mass is 16.3. The average molecular weight is 591 g/mol. The highest BCUT2D eigenvalue weighted by Gasteiger charge is 2.24. The molecule has 46 heavy (non-hydrogen) atoms. The number of hydrogen-bond donors (Lipinski definition) is 0. The van der Waals surface area contributed by atoms with Crippen molar-refractivity contribution in [2.75, 3.05) is 0 Å². The van der Waals surface area contributed by atoms with E-state index in [1.165, 1.54) is 38.4 Å². The van der Waals surface area contributed by atoms with E-state index >= 15 is 0 Å². The quantitative estimate of drug-likeness (QED) is 0.201. The molecule has 4 nitrogen and oxygen atoms in total. The van der Waals surface area contributed by atoms with E-state index < -0.39 is 0 Å². The molecule has 0 atom stereocenters. The van der Waals surface area contributed by atoms with E-state index in [1.807, 2.05) is 18.2 Å². The third-order valence-corrected chi connectivity index (χ3v) is 9.92. The fourth-order valence-electron chi connectivity index (χ4n) is 7.99. The monoisotopic (exact) mass is 590 g/mol. The molecule has 0 spiro atoms. The van der Waals surface area contributed by atoms with Gasteiger partial charge in [0.25, 0.3) is 0 Å². The number of fused-ring (bicyclic) bond motifs is 14. The predicted molar refractivity (Wildman–Crippen MR) is 191 cm³/mol. The van der Waals surface area contributed by atoms with E-state index in [1.54, 1.807) is 0 Å². The molecule has 0 bridgehead atoms. The van der Waals surface area contributed by atoms with Crippen molar-refractivity contribution in [3.8, 4) is 5.69 Å². The second-order valence-electron chi connectivity index (χ2n) is 12.4. The summed E-state index contributed by atoms with van der Waals surface area (Å²) in [6.07, 6.45) is 9.03. The number of para-hydroxylation sites is 3. The average Bonchev–Trinajstić information content (AvgIpc) is 3.85. The van der Waals surface area contributed by atoms with Crippen molar-refractivity contribution in [2.45, 2.75) is 12.8 Å². The van der Waals surface area contributed by atoms with E-state index in [9.17, 15) is 0 Å². The number of rotatable bonds is 2. The summed E-state index contributed by atoms with van der Waals surface area (Å²) in [6, 6.07) is 41.1. The number of hydrogen-bond acceptors (Lipinski definition) is 2. The van der Waals surface area contributed by atoms with Gasteiger partial charge in [-0.05, 0) is 79.6 Å². The van der Waals surface area contributed by atoms with Crippen molar-refractivity contribution in [1.82, 2.24) is 9.13 Å². The van der Waals surface area contributed by atoms with Crippen LogP contribution in [-0.2, 0) is 0 Å². The Hall–Kier alpha value is -6.00. The maximum Gasteiger partial charge on any atom is 0.145 e. The smallest absolute Gasteiger partial charge is 0.145 e. The zero-order chi connectivity index (χ0) is 29.9. The number of aromatic nitrogens is 2. The van der Waals surface area contributed by atoms with Gasteiger partial charge in [0.1, 0.15) is 22.3 Å². The van der Waals surface area contributed by atoms with Crippen LogP contribution >= 0.6 is 0 Å². The summed E-state index contributed by atoms with van der Waals surface area (Å²) in [5.41, 5.74) is 10.7. The van der Waals surface area contributed by atoms with Crippen molar-refractivity contribution >= 4 is 93.2 Å². The van der Waals surface area contributed by atoms with Crippen molar-refractivity contribution < 1.29 is 8.83 Å². The summed E-state index contributed by atoms with van der Waals surface area (Å²) in [6.45, 7) is 0. The first-order chi connectivity index (χ1) is 22.8. The van der Waals surface area contributed by atoms with Crippen LogP contribution in [0, 0.1) is 0 Å². The highest BCUT2D eigenvalue weighted by Crippen LogP contribution is 2.46. The van der Waals surface area contributed by atoms with Gasteiger partial charge >= 0.3 is 0 Å². The van der Waals surface area contributed by atoms with Gasteiger partial charge < -0.3 is 18.0 Å². The lowest BCUT2D eigenvalue weighted by Gasteiger charge is -2.13. The molecule has 0 N–H and O–H groups in total. The standard InChI is InChI=1S/C42H26N2O2/c1-2-10-25(11-3-1)44-35-21-19-29-27-12-5-9-17-37(27)46-42(29)40(35)31-20-22-34-39(41(31)44)30-14-4-7-15-33(30)43(34)26-18-23-38-32(24-26)28-13-6-8-16-36(28)45-38/h2,4-24H,1,3H2. The molecule has 0 unspecified atom stereocenters. The van der Waals surface area contributed by atoms with Crippen LogP contribution in [0.2, 0.25) is 0 Å². The largest absolute Gasteiger partial charge is 0.456 e. The second-order valence-corrected chi connectivity index (χ2v) is 12.4. The van der Waals surface area contributed by atoms with Gasteiger partial charge in [-0.15, -0.1) is 0 Å². The van der Waals surface area contributed by atoms with Crippen LogP contribution in [0.25, 0.3) is 98.9 Å². The van der Waals surface area contributed by atoms with Gasteiger partial charge in [-0.3, -0.25) is 0 Å². The normalized spacial score (nSPS) is 14.0. The van der Waals surface area contributed by atoms with Crippen LogP contribution in [0.15, 0.2) is 142 Å².